The van der Waals surface area contributed by atoms with Crippen LogP contribution in [0.2, 0.25) is 0 Å². The summed E-state index contributed by atoms with van der Waals surface area (Å²) in [5.41, 5.74) is 0. The molecule has 1 aromatic heterocycles. The molecule has 1 fully saturated rings. The molecule has 1 unspecified atom stereocenters. The molecule has 1 aliphatic heterocycles. The fraction of sp³-hybridized carbons (Fsp3) is 0.500. The molecule has 0 saturated carbocycles. The van der Waals surface area contributed by atoms with Gasteiger partial charge in [0.05, 0.1) is 6.61 Å². The zero-order valence-corrected chi connectivity index (χ0v) is 12.2. The van der Waals surface area contributed by atoms with Crippen molar-refractivity contribution in [1.82, 2.24) is 15.0 Å². The molecule has 0 spiro atoms. The summed E-state index contributed by atoms with van der Waals surface area (Å²) in [6, 6.07) is 0.516. The molecule has 0 amide bonds. The molecule has 0 bridgehead atoms. The Morgan fingerprint density at radius 1 is 0.952 bits per heavy atom. The van der Waals surface area contributed by atoms with E-state index in [1.54, 1.807) is 0 Å². The monoisotopic (exact) mass is 293 g/mol. The molecule has 7 heteroatoms. The molecule has 21 heavy (non-hydrogen) atoms. The summed E-state index contributed by atoms with van der Waals surface area (Å²) >= 11 is 0. The van der Waals surface area contributed by atoms with E-state index in [1.807, 2.05) is 38.2 Å². The van der Waals surface area contributed by atoms with Crippen molar-refractivity contribution < 1.29 is 18.9 Å². The number of ether oxygens (including phenoxy) is 4. The van der Waals surface area contributed by atoms with Crippen molar-refractivity contribution in [3.63, 3.8) is 0 Å². The highest BCUT2D eigenvalue weighted by molar-refractivity contribution is 5.09. The number of epoxide rings is 1. The van der Waals surface area contributed by atoms with Crippen molar-refractivity contribution in [2.45, 2.75) is 20.0 Å². The summed E-state index contributed by atoms with van der Waals surface area (Å²) in [5.74, 6) is 0. The highest BCUT2D eigenvalue weighted by atomic mass is 16.6. The summed E-state index contributed by atoms with van der Waals surface area (Å²) in [6.45, 7) is 5.69. The van der Waals surface area contributed by atoms with Crippen LogP contribution in [0.3, 0.4) is 0 Å². The van der Waals surface area contributed by atoms with Gasteiger partial charge in [-0.15, -0.1) is 15.0 Å². The fourth-order valence-electron chi connectivity index (χ4n) is 1.28. The molecule has 0 aliphatic carbocycles. The average Bonchev–Trinajstić information content (AvgIpc) is 3.30. The number of hydrogen-bond acceptors (Lipinski definition) is 7. The highest BCUT2D eigenvalue weighted by Gasteiger charge is 2.24. The van der Waals surface area contributed by atoms with Crippen LogP contribution < -0.4 is 14.2 Å². The van der Waals surface area contributed by atoms with Gasteiger partial charge in [-0.1, -0.05) is 24.3 Å². The molecule has 2 heterocycles. The minimum absolute atomic E-state index is 0.126. The van der Waals surface area contributed by atoms with Crippen molar-refractivity contribution in [3.05, 3.63) is 24.3 Å². The molecule has 2 rings (SSSR count). The van der Waals surface area contributed by atoms with E-state index in [1.165, 1.54) is 0 Å². The number of allylic oxidation sites excluding steroid dienone is 2. The van der Waals surface area contributed by atoms with Crippen molar-refractivity contribution in [3.8, 4) is 18.0 Å². The Hall–Kier alpha value is -2.15. The van der Waals surface area contributed by atoms with Crippen LogP contribution in [-0.2, 0) is 4.74 Å². The van der Waals surface area contributed by atoms with Gasteiger partial charge in [-0.3, -0.25) is 0 Å². The van der Waals surface area contributed by atoms with Gasteiger partial charge in [0.1, 0.15) is 25.9 Å². The van der Waals surface area contributed by atoms with Gasteiger partial charge in [-0.25, -0.2) is 0 Å². The van der Waals surface area contributed by atoms with Crippen molar-refractivity contribution in [2.24, 2.45) is 0 Å². The maximum atomic E-state index is 5.44. The topological polar surface area (TPSA) is 78.9 Å². The summed E-state index contributed by atoms with van der Waals surface area (Å²) in [5, 5.41) is 0. The van der Waals surface area contributed by atoms with Crippen LogP contribution in [0.1, 0.15) is 13.8 Å². The van der Waals surface area contributed by atoms with Gasteiger partial charge in [0, 0.05) is 0 Å². The minimum atomic E-state index is 0.126. The lowest BCUT2D eigenvalue weighted by atomic mass is 10.5. The molecule has 7 nitrogen and oxygen atoms in total. The first-order valence-corrected chi connectivity index (χ1v) is 6.80. The number of hydrogen-bond donors (Lipinski definition) is 0. The first kappa shape index (κ1) is 15.2. The Bertz CT molecular complexity index is 467. The van der Waals surface area contributed by atoms with Crippen LogP contribution in [-0.4, -0.2) is 47.5 Å². The SMILES string of the molecule is C/C=C/COc1nc(OC/C=C/C)nc(OCC2CO2)n1. The van der Waals surface area contributed by atoms with Crippen LogP contribution >= 0.6 is 0 Å². The third-order valence-corrected chi connectivity index (χ3v) is 2.46. The number of aromatic nitrogens is 3. The highest BCUT2D eigenvalue weighted by Crippen LogP contribution is 2.17. The Kier molecular flexibility index (Phi) is 5.96. The number of rotatable bonds is 9. The standard InChI is InChI=1S/C14H19N3O4/c1-3-5-7-18-12-15-13(19-8-6-4-2)17-14(16-12)21-10-11-9-20-11/h3-6,11H,7-10H2,1-2H3/b5-3+,6-4+. The zero-order valence-electron chi connectivity index (χ0n) is 12.2. The normalized spacial score (nSPS) is 17.3. The van der Waals surface area contributed by atoms with E-state index >= 15 is 0 Å². The van der Waals surface area contributed by atoms with E-state index in [4.69, 9.17) is 18.9 Å². The van der Waals surface area contributed by atoms with Crippen molar-refractivity contribution >= 4 is 0 Å². The van der Waals surface area contributed by atoms with Crippen molar-refractivity contribution in [2.75, 3.05) is 26.4 Å². The van der Waals surface area contributed by atoms with Gasteiger partial charge in [-0.05, 0) is 13.8 Å². The largest absolute Gasteiger partial charge is 0.460 e. The maximum absolute atomic E-state index is 5.44. The molecule has 1 saturated heterocycles. The van der Waals surface area contributed by atoms with Gasteiger partial charge >= 0.3 is 18.0 Å². The second kappa shape index (κ2) is 8.21. The van der Waals surface area contributed by atoms with Gasteiger partial charge in [-0.2, -0.15) is 0 Å². The lowest BCUT2D eigenvalue weighted by Crippen LogP contribution is -2.10. The van der Waals surface area contributed by atoms with Gasteiger partial charge in [0.2, 0.25) is 0 Å². The summed E-state index contributed by atoms with van der Waals surface area (Å²) in [4.78, 5) is 12.2. The van der Waals surface area contributed by atoms with E-state index in [9.17, 15) is 0 Å². The van der Waals surface area contributed by atoms with Crippen LogP contribution in [0.25, 0.3) is 0 Å². The first-order valence-electron chi connectivity index (χ1n) is 6.80. The smallest absolute Gasteiger partial charge is 0.326 e. The third-order valence-electron chi connectivity index (χ3n) is 2.46. The number of nitrogens with zero attached hydrogens (tertiary/aromatic N) is 3. The fourth-order valence-corrected chi connectivity index (χ4v) is 1.28. The molecule has 114 valence electrons. The molecule has 1 aromatic rings. The predicted molar refractivity (Wildman–Crippen MR) is 75.7 cm³/mol. The van der Waals surface area contributed by atoms with Gasteiger partial charge in [0.15, 0.2) is 0 Å². The predicted octanol–water partition coefficient (Wildman–Crippen LogP) is 1.56. The lowest BCUT2D eigenvalue weighted by Gasteiger charge is -2.07. The van der Waals surface area contributed by atoms with Crippen LogP contribution in [0.5, 0.6) is 18.0 Å². The van der Waals surface area contributed by atoms with E-state index in [-0.39, 0.29) is 24.1 Å². The van der Waals surface area contributed by atoms with E-state index in [2.05, 4.69) is 15.0 Å². The molecular weight excluding hydrogens is 274 g/mol. The van der Waals surface area contributed by atoms with E-state index in [0.717, 1.165) is 0 Å². The maximum Gasteiger partial charge on any atom is 0.326 e. The molecule has 0 radical (unpaired) electrons. The molecule has 1 aliphatic rings. The second-order valence-electron chi connectivity index (χ2n) is 4.21. The van der Waals surface area contributed by atoms with Gasteiger partial charge < -0.3 is 18.9 Å². The molecular formula is C14H19N3O4. The Morgan fingerprint density at radius 2 is 1.43 bits per heavy atom. The van der Waals surface area contributed by atoms with E-state index in [0.29, 0.717) is 26.4 Å². The molecule has 0 N–H and O–H groups in total. The quantitative estimate of drug-likeness (QED) is 0.505. The van der Waals surface area contributed by atoms with Crippen LogP contribution in [0.4, 0.5) is 0 Å². The first-order chi connectivity index (χ1) is 10.3. The van der Waals surface area contributed by atoms with Crippen LogP contribution in [0, 0.1) is 0 Å². The molecule has 0 aromatic carbocycles. The lowest BCUT2D eigenvalue weighted by molar-refractivity contribution is 0.229. The van der Waals surface area contributed by atoms with E-state index < -0.39 is 0 Å². The summed E-state index contributed by atoms with van der Waals surface area (Å²) in [7, 11) is 0. The minimum Gasteiger partial charge on any atom is -0.460 e. The zero-order chi connectivity index (χ0) is 14.9. The van der Waals surface area contributed by atoms with Crippen LogP contribution in [0.15, 0.2) is 24.3 Å². The third kappa shape index (κ3) is 5.78. The Morgan fingerprint density at radius 3 is 1.86 bits per heavy atom. The Balaban J connectivity index is 2.01. The Labute approximate surface area is 123 Å². The summed E-state index contributed by atoms with van der Waals surface area (Å²) < 4.78 is 21.3. The molecule has 1 atom stereocenters. The van der Waals surface area contributed by atoms with Gasteiger partial charge in [0.25, 0.3) is 0 Å². The second-order valence-corrected chi connectivity index (χ2v) is 4.21. The average molecular weight is 293 g/mol. The van der Waals surface area contributed by atoms with Crippen molar-refractivity contribution in [1.29, 1.82) is 0 Å². The summed E-state index contributed by atoms with van der Waals surface area (Å²) in [6.07, 6.45) is 7.59.